The number of amides is 1. The number of carbonyl (C=O) groups excluding carboxylic acids is 1. The van der Waals surface area contributed by atoms with Gasteiger partial charge in [0.2, 0.25) is 0 Å². The number of piperidine rings is 1. The van der Waals surface area contributed by atoms with Gasteiger partial charge in [0, 0.05) is 48.7 Å². The number of aromatic nitrogens is 3. The third kappa shape index (κ3) is 4.50. The fourth-order valence-corrected chi connectivity index (χ4v) is 4.33. The first-order valence-electron chi connectivity index (χ1n) is 11.0. The van der Waals surface area contributed by atoms with Gasteiger partial charge in [0.15, 0.2) is 0 Å². The van der Waals surface area contributed by atoms with E-state index >= 15 is 0 Å². The van der Waals surface area contributed by atoms with Crippen molar-refractivity contribution >= 4 is 16.8 Å². The minimum atomic E-state index is -0.0570. The molecule has 0 bridgehead atoms. The maximum atomic E-state index is 13.4. The van der Waals surface area contributed by atoms with Crippen molar-refractivity contribution in [1.29, 1.82) is 0 Å². The van der Waals surface area contributed by atoms with Crippen LogP contribution >= 0.6 is 0 Å². The molecule has 0 aliphatic carbocycles. The number of likely N-dealkylation sites (tertiary alicyclic amines) is 1. The highest BCUT2D eigenvalue weighted by atomic mass is 16.1. The predicted molar refractivity (Wildman–Crippen MR) is 125 cm³/mol. The molecular formula is C26H25N5O. The van der Waals surface area contributed by atoms with Crippen LogP contribution in [0.4, 0.5) is 0 Å². The van der Waals surface area contributed by atoms with Gasteiger partial charge in [-0.15, -0.1) is 0 Å². The smallest absolute Gasteiger partial charge is 0.252 e. The minimum Gasteiger partial charge on any atom is -0.348 e. The second-order valence-electron chi connectivity index (χ2n) is 8.18. The van der Waals surface area contributed by atoms with Crippen molar-refractivity contribution in [3.05, 3.63) is 90.5 Å². The normalized spacial score (nSPS) is 16.7. The van der Waals surface area contributed by atoms with Gasteiger partial charge in [0.1, 0.15) is 0 Å². The number of nitrogens with one attached hydrogen (secondary N) is 1. The Labute approximate surface area is 187 Å². The SMILES string of the molecule is O=C(NC1CCCN(Cc2ccccn2)C1)c1cc(-c2cccnc2)nc2ccccc12. The highest BCUT2D eigenvalue weighted by Gasteiger charge is 2.23. The van der Waals surface area contributed by atoms with E-state index in [4.69, 9.17) is 4.98 Å². The monoisotopic (exact) mass is 423 g/mol. The number of carbonyl (C=O) groups is 1. The third-order valence-corrected chi connectivity index (χ3v) is 5.87. The van der Waals surface area contributed by atoms with Crippen LogP contribution in [0.5, 0.6) is 0 Å². The molecule has 1 unspecified atom stereocenters. The highest BCUT2D eigenvalue weighted by molar-refractivity contribution is 6.07. The maximum Gasteiger partial charge on any atom is 0.252 e. The van der Waals surface area contributed by atoms with Crippen molar-refractivity contribution in [2.24, 2.45) is 0 Å². The fraction of sp³-hybridized carbons (Fsp3) is 0.231. The molecule has 1 aliphatic heterocycles. The summed E-state index contributed by atoms with van der Waals surface area (Å²) in [4.78, 5) is 29.2. The summed E-state index contributed by atoms with van der Waals surface area (Å²) >= 11 is 0. The zero-order valence-corrected chi connectivity index (χ0v) is 17.8. The molecule has 1 saturated heterocycles. The van der Waals surface area contributed by atoms with Crippen molar-refractivity contribution in [3.8, 4) is 11.3 Å². The zero-order valence-electron chi connectivity index (χ0n) is 17.8. The van der Waals surface area contributed by atoms with E-state index in [-0.39, 0.29) is 11.9 Å². The first-order chi connectivity index (χ1) is 15.8. The van der Waals surface area contributed by atoms with E-state index in [1.54, 1.807) is 12.4 Å². The quantitative estimate of drug-likeness (QED) is 0.524. The standard InChI is InChI=1S/C26H25N5O/c32-26(29-21-9-6-14-31(18-21)17-20-8-3-4-13-28-20)23-15-25(19-7-5-12-27-16-19)30-24-11-2-1-10-22(23)24/h1-5,7-8,10-13,15-16,21H,6,9,14,17-18H2,(H,29,32). The van der Waals surface area contributed by atoms with Gasteiger partial charge in [-0.05, 0) is 55.8 Å². The van der Waals surface area contributed by atoms with Gasteiger partial charge in [-0.2, -0.15) is 0 Å². The van der Waals surface area contributed by atoms with Crippen LogP contribution in [0.25, 0.3) is 22.2 Å². The third-order valence-electron chi connectivity index (χ3n) is 5.87. The molecule has 1 fully saturated rings. The van der Waals surface area contributed by atoms with Gasteiger partial charge >= 0.3 is 0 Å². The molecule has 0 saturated carbocycles. The first kappa shape index (κ1) is 20.3. The largest absolute Gasteiger partial charge is 0.348 e. The minimum absolute atomic E-state index is 0.0570. The van der Waals surface area contributed by atoms with Crippen molar-refractivity contribution in [2.75, 3.05) is 13.1 Å². The van der Waals surface area contributed by atoms with Crippen LogP contribution in [0.1, 0.15) is 28.9 Å². The number of rotatable bonds is 5. The van der Waals surface area contributed by atoms with Crippen LogP contribution < -0.4 is 5.32 Å². The summed E-state index contributed by atoms with van der Waals surface area (Å²) in [5, 5.41) is 4.14. The molecule has 1 aliphatic rings. The Morgan fingerprint density at radius 3 is 2.81 bits per heavy atom. The predicted octanol–water partition coefficient (Wildman–Crippen LogP) is 4.09. The van der Waals surface area contributed by atoms with Crippen molar-refractivity contribution in [2.45, 2.75) is 25.4 Å². The van der Waals surface area contributed by atoms with Crippen molar-refractivity contribution in [3.63, 3.8) is 0 Å². The lowest BCUT2D eigenvalue weighted by atomic mass is 10.0. The molecule has 4 heterocycles. The molecule has 1 aromatic carbocycles. The molecule has 1 amide bonds. The molecule has 1 atom stereocenters. The Bertz CT molecular complexity index is 1210. The average molecular weight is 424 g/mol. The number of pyridine rings is 3. The van der Waals surface area contributed by atoms with Gasteiger partial charge in [0.25, 0.3) is 5.91 Å². The maximum absolute atomic E-state index is 13.4. The summed E-state index contributed by atoms with van der Waals surface area (Å²) in [6.45, 7) is 2.64. The number of hydrogen-bond acceptors (Lipinski definition) is 5. The van der Waals surface area contributed by atoms with Crippen molar-refractivity contribution in [1.82, 2.24) is 25.2 Å². The van der Waals surface area contributed by atoms with Gasteiger partial charge in [-0.25, -0.2) is 4.98 Å². The topological polar surface area (TPSA) is 71.0 Å². The first-order valence-corrected chi connectivity index (χ1v) is 11.0. The van der Waals surface area contributed by atoms with Crippen LogP contribution in [0.3, 0.4) is 0 Å². The molecule has 160 valence electrons. The van der Waals surface area contributed by atoms with E-state index in [0.717, 1.165) is 60.3 Å². The van der Waals surface area contributed by atoms with Gasteiger partial charge in [-0.3, -0.25) is 19.7 Å². The highest BCUT2D eigenvalue weighted by Crippen LogP contribution is 2.25. The van der Waals surface area contributed by atoms with Crippen LogP contribution in [-0.4, -0.2) is 44.9 Å². The lowest BCUT2D eigenvalue weighted by Crippen LogP contribution is -2.47. The molecule has 4 aromatic rings. The van der Waals surface area contributed by atoms with E-state index in [1.807, 2.05) is 66.9 Å². The Hall–Kier alpha value is -3.64. The summed E-state index contributed by atoms with van der Waals surface area (Å²) < 4.78 is 0. The van der Waals surface area contributed by atoms with E-state index < -0.39 is 0 Å². The van der Waals surface area contributed by atoms with Crippen LogP contribution in [0.15, 0.2) is 79.3 Å². The van der Waals surface area contributed by atoms with E-state index in [1.165, 1.54) is 0 Å². The average Bonchev–Trinajstić information content (AvgIpc) is 2.85. The van der Waals surface area contributed by atoms with Gasteiger partial charge < -0.3 is 5.32 Å². The Kier molecular flexibility index (Phi) is 5.85. The second kappa shape index (κ2) is 9.24. The van der Waals surface area contributed by atoms with E-state index in [2.05, 4.69) is 20.2 Å². The van der Waals surface area contributed by atoms with E-state index in [0.29, 0.717) is 5.56 Å². The van der Waals surface area contributed by atoms with E-state index in [9.17, 15) is 4.79 Å². The number of hydrogen-bond donors (Lipinski definition) is 1. The molecule has 3 aromatic heterocycles. The zero-order chi connectivity index (χ0) is 21.8. The molecule has 5 rings (SSSR count). The number of para-hydroxylation sites is 1. The Morgan fingerprint density at radius 1 is 1.06 bits per heavy atom. The van der Waals surface area contributed by atoms with Crippen LogP contribution in [-0.2, 0) is 6.54 Å². The summed E-state index contributed by atoms with van der Waals surface area (Å²) in [6.07, 6.45) is 7.36. The number of fused-ring (bicyclic) bond motifs is 1. The van der Waals surface area contributed by atoms with Crippen LogP contribution in [0.2, 0.25) is 0 Å². The number of benzene rings is 1. The molecule has 32 heavy (non-hydrogen) atoms. The van der Waals surface area contributed by atoms with Gasteiger partial charge in [-0.1, -0.05) is 24.3 Å². The molecule has 0 radical (unpaired) electrons. The summed E-state index contributed by atoms with van der Waals surface area (Å²) in [6, 6.07) is 19.6. The second-order valence-corrected chi connectivity index (χ2v) is 8.18. The Balaban J connectivity index is 1.37. The molecule has 0 spiro atoms. The molecular weight excluding hydrogens is 398 g/mol. The molecule has 1 N–H and O–H groups in total. The fourth-order valence-electron chi connectivity index (χ4n) is 4.33. The molecule has 6 nitrogen and oxygen atoms in total. The summed E-state index contributed by atoms with van der Waals surface area (Å²) in [7, 11) is 0. The lowest BCUT2D eigenvalue weighted by molar-refractivity contribution is 0.0902. The van der Waals surface area contributed by atoms with Crippen LogP contribution in [0, 0.1) is 0 Å². The lowest BCUT2D eigenvalue weighted by Gasteiger charge is -2.33. The van der Waals surface area contributed by atoms with Crippen molar-refractivity contribution < 1.29 is 4.79 Å². The van der Waals surface area contributed by atoms with Gasteiger partial charge in [0.05, 0.1) is 22.5 Å². The number of nitrogens with zero attached hydrogens (tertiary/aromatic N) is 4. The molecule has 6 heteroatoms. The summed E-state index contributed by atoms with van der Waals surface area (Å²) in [5.74, 6) is -0.0570. The summed E-state index contributed by atoms with van der Waals surface area (Å²) in [5.41, 5.74) is 4.16. The Morgan fingerprint density at radius 2 is 1.97 bits per heavy atom.